The minimum atomic E-state index is -3.52. The van der Waals surface area contributed by atoms with Crippen LogP contribution < -0.4 is 4.72 Å². The molecule has 0 spiro atoms. The first-order chi connectivity index (χ1) is 7.83. The predicted molar refractivity (Wildman–Crippen MR) is 64.0 cm³/mol. The molecule has 1 aromatic heterocycles. The third kappa shape index (κ3) is 4.10. The van der Waals surface area contributed by atoms with E-state index in [1.807, 2.05) is 0 Å². The molecule has 0 fully saturated rings. The number of nitrogens with zero attached hydrogens (tertiary/aromatic N) is 2. The number of rotatable bonds is 6. The fraction of sp³-hybridized carbons (Fsp3) is 0.700. The lowest BCUT2D eigenvalue weighted by molar-refractivity contribution is 0.182. The van der Waals surface area contributed by atoms with E-state index < -0.39 is 16.1 Å². The highest BCUT2D eigenvalue weighted by Crippen LogP contribution is 2.07. The molecule has 0 radical (unpaired) electrons. The molecule has 0 aliphatic rings. The highest BCUT2D eigenvalue weighted by atomic mass is 32.2. The highest BCUT2D eigenvalue weighted by molar-refractivity contribution is 7.89. The molecule has 7 heteroatoms. The molecule has 1 heterocycles. The maximum Gasteiger partial charge on any atom is 0.259 e. The molecular weight excluding hydrogens is 242 g/mol. The van der Waals surface area contributed by atoms with Crippen molar-refractivity contribution in [1.29, 1.82) is 0 Å². The number of aryl methyl sites for hydroxylation is 2. The molecule has 0 saturated heterocycles. The van der Waals surface area contributed by atoms with Gasteiger partial charge in [0.15, 0.2) is 5.03 Å². The lowest BCUT2D eigenvalue weighted by Crippen LogP contribution is -2.25. The monoisotopic (exact) mass is 261 g/mol. The zero-order valence-electron chi connectivity index (χ0n) is 10.3. The van der Waals surface area contributed by atoms with Crippen molar-refractivity contribution in [2.45, 2.75) is 37.8 Å². The second kappa shape index (κ2) is 5.61. The minimum absolute atomic E-state index is 0.0366. The molecule has 2 N–H and O–H groups in total. The van der Waals surface area contributed by atoms with Gasteiger partial charge in [-0.15, -0.1) is 0 Å². The Balaban J connectivity index is 2.57. The topological polar surface area (TPSA) is 84.2 Å². The zero-order valence-corrected chi connectivity index (χ0v) is 11.2. The quantitative estimate of drug-likeness (QED) is 0.715. The fourth-order valence-electron chi connectivity index (χ4n) is 1.33. The molecule has 0 aliphatic heterocycles. The highest BCUT2D eigenvalue weighted by Gasteiger charge is 2.17. The first-order valence-corrected chi connectivity index (χ1v) is 6.99. The number of aliphatic hydroxyl groups excluding tert-OH is 1. The number of nitrogens with one attached hydrogen (secondary N) is 1. The SMILES string of the molecule is Cc1nc(S(=O)(=O)NCCCC(C)O)cn1C. The zero-order chi connectivity index (χ0) is 13.1. The van der Waals surface area contributed by atoms with Crippen LogP contribution in [-0.2, 0) is 17.1 Å². The summed E-state index contributed by atoms with van der Waals surface area (Å²) in [6.07, 6.45) is 2.25. The van der Waals surface area contributed by atoms with Crippen LogP contribution in [0.4, 0.5) is 0 Å². The van der Waals surface area contributed by atoms with Crippen molar-refractivity contribution in [3.63, 3.8) is 0 Å². The molecule has 0 saturated carbocycles. The fourth-order valence-corrected chi connectivity index (χ4v) is 2.44. The summed E-state index contributed by atoms with van der Waals surface area (Å²) in [4.78, 5) is 3.96. The number of aliphatic hydroxyl groups is 1. The van der Waals surface area contributed by atoms with E-state index >= 15 is 0 Å². The van der Waals surface area contributed by atoms with Crippen molar-refractivity contribution in [1.82, 2.24) is 14.3 Å². The lowest BCUT2D eigenvalue weighted by Gasteiger charge is -2.05. The van der Waals surface area contributed by atoms with E-state index in [0.29, 0.717) is 25.2 Å². The third-order valence-electron chi connectivity index (χ3n) is 2.45. The summed E-state index contributed by atoms with van der Waals surface area (Å²) in [6.45, 7) is 3.73. The van der Waals surface area contributed by atoms with Crippen LogP contribution in [0.1, 0.15) is 25.6 Å². The van der Waals surface area contributed by atoms with Gasteiger partial charge >= 0.3 is 0 Å². The molecule has 17 heavy (non-hydrogen) atoms. The largest absolute Gasteiger partial charge is 0.393 e. The second-order valence-corrected chi connectivity index (χ2v) is 5.84. The molecule has 0 aliphatic carbocycles. The molecule has 1 aromatic rings. The van der Waals surface area contributed by atoms with Crippen LogP contribution in [0.5, 0.6) is 0 Å². The Hall–Kier alpha value is -0.920. The Morgan fingerprint density at radius 2 is 2.24 bits per heavy atom. The van der Waals surface area contributed by atoms with Gasteiger partial charge in [-0.3, -0.25) is 0 Å². The van der Waals surface area contributed by atoms with Gasteiger partial charge in [0.05, 0.1) is 6.10 Å². The van der Waals surface area contributed by atoms with E-state index in [1.54, 1.807) is 25.5 Å². The first kappa shape index (κ1) is 14.1. The molecule has 0 amide bonds. The van der Waals surface area contributed by atoms with Crippen LogP contribution in [0, 0.1) is 6.92 Å². The van der Waals surface area contributed by atoms with E-state index in [-0.39, 0.29) is 5.03 Å². The van der Waals surface area contributed by atoms with Gasteiger partial charge in [0.25, 0.3) is 10.0 Å². The Labute approximate surface area is 102 Å². The lowest BCUT2D eigenvalue weighted by atomic mass is 10.2. The van der Waals surface area contributed by atoms with Crippen molar-refractivity contribution < 1.29 is 13.5 Å². The first-order valence-electron chi connectivity index (χ1n) is 5.50. The summed E-state index contributed by atoms with van der Waals surface area (Å²) >= 11 is 0. The van der Waals surface area contributed by atoms with Crippen molar-refractivity contribution in [3.8, 4) is 0 Å². The average Bonchev–Trinajstić information content (AvgIpc) is 2.55. The molecule has 1 rings (SSSR count). The predicted octanol–water partition coefficient (Wildman–Crippen LogP) is 0.168. The van der Waals surface area contributed by atoms with Crippen molar-refractivity contribution in [2.75, 3.05) is 6.54 Å². The summed E-state index contributed by atoms with van der Waals surface area (Å²) in [5, 5.41) is 9.08. The number of hydrogen-bond donors (Lipinski definition) is 2. The average molecular weight is 261 g/mol. The Morgan fingerprint density at radius 1 is 1.59 bits per heavy atom. The number of imidazole rings is 1. The van der Waals surface area contributed by atoms with E-state index in [2.05, 4.69) is 9.71 Å². The maximum atomic E-state index is 11.8. The van der Waals surface area contributed by atoms with Gasteiger partial charge in [0, 0.05) is 19.8 Å². The van der Waals surface area contributed by atoms with Crippen LogP contribution in [0.2, 0.25) is 0 Å². The van der Waals surface area contributed by atoms with E-state index in [1.165, 1.54) is 6.20 Å². The Bertz CT molecular complexity index is 446. The molecule has 0 bridgehead atoms. The van der Waals surface area contributed by atoms with Gasteiger partial charge in [-0.1, -0.05) is 0 Å². The maximum absolute atomic E-state index is 11.8. The van der Waals surface area contributed by atoms with Crippen molar-refractivity contribution in [3.05, 3.63) is 12.0 Å². The number of aromatic nitrogens is 2. The van der Waals surface area contributed by atoms with E-state index in [0.717, 1.165) is 0 Å². The van der Waals surface area contributed by atoms with E-state index in [9.17, 15) is 8.42 Å². The van der Waals surface area contributed by atoms with Gasteiger partial charge in [0.2, 0.25) is 0 Å². The van der Waals surface area contributed by atoms with Gasteiger partial charge in [0.1, 0.15) is 5.82 Å². The molecular formula is C10H19N3O3S. The number of sulfonamides is 1. The smallest absolute Gasteiger partial charge is 0.259 e. The van der Waals surface area contributed by atoms with E-state index in [4.69, 9.17) is 5.11 Å². The summed E-state index contributed by atoms with van der Waals surface area (Å²) in [5.41, 5.74) is 0. The van der Waals surface area contributed by atoms with Crippen LogP contribution >= 0.6 is 0 Å². The van der Waals surface area contributed by atoms with Crippen LogP contribution in [0.3, 0.4) is 0 Å². The number of hydrogen-bond acceptors (Lipinski definition) is 4. The molecule has 6 nitrogen and oxygen atoms in total. The van der Waals surface area contributed by atoms with Gasteiger partial charge in [-0.25, -0.2) is 18.1 Å². The van der Waals surface area contributed by atoms with Crippen LogP contribution in [0.15, 0.2) is 11.2 Å². The molecule has 1 atom stereocenters. The second-order valence-electron chi connectivity index (χ2n) is 4.13. The van der Waals surface area contributed by atoms with Gasteiger partial charge in [-0.05, 0) is 26.7 Å². The van der Waals surface area contributed by atoms with Crippen molar-refractivity contribution in [2.24, 2.45) is 7.05 Å². The summed E-state index contributed by atoms with van der Waals surface area (Å²) in [7, 11) is -1.78. The standard InChI is InChI=1S/C10H19N3O3S/c1-8(14)5-4-6-11-17(15,16)10-7-13(3)9(2)12-10/h7-8,11,14H,4-6H2,1-3H3. The van der Waals surface area contributed by atoms with Crippen LogP contribution in [-0.4, -0.2) is 35.7 Å². The Morgan fingerprint density at radius 3 is 2.71 bits per heavy atom. The van der Waals surface area contributed by atoms with Gasteiger partial charge < -0.3 is 9.67 Å². The van der Waals surface area contributed by atoms with Crippen molar-refractivity contribution >= 4 is 10.0 Å². The molecule has 98 valence electrons. The third-order valence-corrected chi connectivity index (χ3v) is 3.78. The molecule has 1 unspecified atom stereocenters. The summed E-state index contributed by atoms with van der Waals surface area (Å²) in [6, 6.07) is 0. The summed E-state index contributed by atoms with van der Waals surface area (Å²) < 4.78 is 27.7. The van der Waals surface area contributed by atoms with Gasteiger partial charge in [-0.2, -0.15) is 0 Å². The normalized spacial score (nSPS) is 13.9. The van der Waals surface area contributed by atoms with Crippen LogP contribution in [0.25, 0.3) is 0 Å². The Kier molecular flexibility index (Phi) is 4.67. The minimum Gasteiger partial charge on any atom is -0.393 e. The summed E-state index contributed by atoms with van der Waals surface area (Å²) in [5.74, 6) is 0.648. The molecule has 0 aromatic carbocycles.